The fraction of sp³-hybridized carbons (Fsp3) is 0.773. The van der Waals surface area contributed by atoms with Crippen molar-refractivity contribution in [2.24, 2.45) is 0 Å². The highest BCUT2D eigenvalue weighted by atomic mass is 15.0. The number of hydrogen-bond donors (Lipinski definition) is 0. The number of pyridine rings is 1. The molecule has 0 aromatic carbocycles. The van der Waals surface area contributed by atoms with Crippen LogP contribution in [0.5, 0.6) is 0 Å². The zero-order chi connectivity index (χ0) is 16.8. The van der Waals surface area contributed by atoms with Crippen LogP contribution in [0.15, 0.2) is 24.5 Å². The van der Waals surface area contributed by atoms with Crippen molar-refractivity contribution in [3.8, 4) is 0 Å². The number of rotatable bonds is 14. The van der Waals surface area contributed by atoms with Gasteiger partial charge in [0.15, 0.2) is 18.4 Å². The van der Waals surface area contributed by atoms with Gasteiger partial charge in [0.05, 0.1) is 0 Å². The van der Waals surface area contributed by atoms with Crippen molar-refractivity contribution in [1.29, 1.82) is 0 Å². The van der Waals surface area contributed by atoms with E-state index in [1.54, 1.807) is 0 Å². The highest BCUT2D eigenvalue weighted by Crippen LogP contribution is 2.13. The number of aromatic nitrogens is 1. The molecule has 1 heteroatoms. The van der Waals surface area contributed by atoms with Crippen LogP contribution in [0.25, 0.3) is 0 Å². The first-order valence-electron chi connectivity index (χ1n) is 10.2. The van der Waals surface area contributed by atoms with E-state index in [0.717, 1.165) is 0 Å². The predicted molar refractivity (Wildman–Crippen MR) is 102 cm³/mol. The Balaban J connectivity index is 1.93. The van der Waals surface area contributed by atoms with Crippen molar-refractivity contribution in [2.45, 2.75) is 110 Å². The van der Waals surface area contributed by atoms with E-state index in [4.69, 9.17) is 0 Å². The summed E-state index contributed by atoms with van der Waals surface area (Å²) in [6.45, 7) is 6.78. The quantitative estimate of drug-likeness (QED) is 0.262. The molecule has 0 spiro atoms. The monoisotopic (exact) mass is 318 g/mol. The van der Waals surface area contributed by atoms with Gasteiger partial charge in [-0.15, -0.1) is 0 Å². The molecule has 0 radical (unpaired) electrons. The Morgan fingerprint density at radius 3 is 1.83 bits per heavy atom. The van der Waals surface area contributed by atoms with Gasteiger partial charge in [-0.3, -0.25) is 0 Å². The third kappa shape index (κ3) is 10.5. The normalized spacial score (nSPS) is 11.3. The van der Waals surface area contributed by atoms with E-state index in [0.29, 0.717) is 6.04 Å². The number of hydrogen-bond acceptors (Lipinski definition) is 0. The van der Waals surface area contributed by atoms with Gasteiger partial charge in [-0.05, 0) is 32.8 Å². The molecule has 0 atom stereocenters. The summed E-state index contributed by atoms with van der Waals surface area (Å²) in [6, 6.07) is 5.03. The molecule has 0 saturated heterocycles. The summed E-state index contributed by atoms with van der Waals surface area (Å²) in [5.74, 6) is 0. The first-order valence-corrected chi connectivity index (χ1v) is 10.2. The zero-order valence-electron chi connectivity index (χ0n) is 16.0. The first-order chi connectivity index (χ1) is 11.2. The summed E-state index contributed by atoms with van der Waals surface area (Å²) in [5, 5.41) is 0. The van der Waals surface area contributed by atoms with Crippen LogP contribution in [0.4, 0.5) is 0 Å². The molecule has 0 aliphatic rings. The van der Waals surface area contributed by atoms with Crippen LogP contribution in [0.2, 0.25) is 0 Å². The molecule has 0 aliphatic carbocycles. The lowest BCUT2D eigenvalue weighted by molar-refractivity contribution is -0.716. The maximum atomic E-state index is 2.32. The maximum absolute atomic E-state index is 2.32. The van der Waals surface area contributed by atoms with Gasteiger partial charge < -0.3 is 0 Å². The Hall–Kier alpha value is -0.850. The summed E-state index contributed by atoms with van der Waals surface area (Å²) in [6.07, 6.45) is 22.9. The van der Waals surface area contributed by atoms with Gasteiger partial charge in [0.2, 0.25) is 0 Å². The maximum Gasteiger partial charge on any atom is 0.172 e. The zero-order valence-corrected chi connectivity index (χ0v) is 16.0. The molecule has 0 unspecified atom stereocenters. The molecule has 0 N–H and O–H groups in total. The summed E-state index contributed by atoms with van der Waals surface area (Å²) in [7, 11) is 0. The van der Waals surface area contributed by atoms with Crippen molar-refractivity contribution in [3.63, 3.8) is 0 Å². The largest absolute Gasteiger partial charge is 0.203 e. The third-order valence-corrected chi connectivity index (χ3v) is 4.80. The molecule has 132 valence electrons. The average Bonchev–Trinajstić information content (AvgIpc) is 2.56. The van der Waals surface area contributed by atoms with Gasteiger partial charge in [0.1, 0.15) is 0 Å². The molecule has 0 amide bonds. The Morgan fingerprint density at radius 1 is 0.783 bits per heavy atom. The molecule has 0 saturated carbocycles. The fourth-order valence-electron chi connectivity index (χ4n) is 3.18. The fourth-order valence-corrected chi connectivity index (χ4v) is 3.18. The smallest absolute Gasteiger partial charge is 0.172 e. The number of nitrogens with zero attached hydrogens (tertiary/aromatic N) is 1. The minimum Gasteiger partial charge on any atom is -0.203 e. The molecular formula is C22H40N+. The van der Waals surface area contributed by atoms with E-state index in [1.807, 2.05) is 0 Å². The van der Waals surface area contributed by atoms with Crippen molar-refractivity contribution >= 4 is 0 Å². The van der Waals surface area contributed by atoms with E-state index in [-0.39, 0.29) is 0 Å². The van der Waals surface area contributed by atoms with E-state index in [2.05, 4.69) is 49.9 Å². The molecule has 1 aromatic heterocycles. The molecule has 1 nitrogen and oxygen atoms in total. The molecule has 0 fully saturated rings. The first kappa shape index (κ1) is 20.2. The second-order valence-corrected chi connectivity index (χ2v) is 7.39. The minimum absolute atomic E-state index is 0.567. The van der Waals surface area contributed by atoms with Crippen LogP contribution in [0.1, 0.15) is 109 Å². The Labute approximate surface area is 145 Å². The van der Waals surface area contributed by atoms with Gasteiger partial charge >= 0.3 is 0 Å². The lowest BCUT2D eigenvalue weighted by atomic mass is 10.0. The van der Waals surface area contributed by atoms with Crippen LogP contribution in [0, 0.1) is 0 Å². The summed E-state index contributed by atoms with van der Waals surface area (Å²) in [5.41, 5.74) is 1.49. The van der Waals surface area contributed by atoms with Crippen LogP contribution in [0.3, 0.4) is 0 Å². The van der Waals surface area contributed by atoms with Crippen LogP contribution >= 0.6 is 0 Å². The van der Waals surface area contributed by atoms with Gasteiger partial charge in [-0.25, -0.2) is 4.57 Å². The highest BCUT2D eigenvalue weighted by molar-refractivity contribution is 5.05. The topological polar surface area (TPSA) is 3.88 Å². The average molecular weight is 319 g/mol. The highest BCUT2D eigenvalue weighted by Gasteiger charge is 2.06. The van der Waals surface area contributed by atoms with Crippen molar-refractivity contribution < 1.29 is 4.57 Å². The van der Waals surface area contributed by atoms with Gasteiger partial charge in [-0.2, -0.15) is 0 Å². The SMILES string of the molecule is CCCCCCCCCCCCCCc1ccc[n+](C(C)C)c1. The van der Waals surface area contributed by atoms with Crippen molar-refractivity contribution in [3.05, 3.63) is 30.1 Å². The summed E-state index contributed by atoms with van der Waals surface area (Å²) in [4.78, 5) is 0. The predicted octanol–water partition coefficient (Wildman–Crippen LogP) is 6.80. The van der Waals surface area contributed by atoms with Crippen LogP contribution < -0.4 is 4.57 Å². The van der Waals surface area contributed by atoms with Crippen LogP contribution in [-0.2, 0) is 6.42 Å². The molecular weight excluding hydrogens is 278 g/mol. The van der Waals surface area contributed by atoms with Gasteiger partial charge in [0, 0.05) is 11.6 Å². The Bertz CT molecular complexity index is 383. The summed E-state index contributed by atoms with van der Waals surface area (Å²) >= 11 is 0. The Kier molecular flexibility index (Phi) is 11.9. The molecule has 1 rings (SSSR count). The van der Waals surface area contributed by atoms with Gasteiger partial charge in [-0.1, -0.05) is 77.6 Å². The van der Waals surface area contributed by atoms with E-state index in [1.165, 1.54) is 89.0 Å². The van der Waals surface area contributed by atoms with E-state index >= 15 is 0 Å². The number of unbranched alkanes of at least 4 members (excludes halogenated alkanes) is 11. The van der Waals surface area contributed by atoms with E-state index in [9.17, 15) is 0 Å². The van der Waals surface area contributed by atoms with Crippen LogP contribution in [-0.4, -0.2) is 0 Å². The number of aryl methyl sites for hydroxylation is 1. The molecule has 0 bridgehead atoms. The third-order valence-electron chi connectivity index (χ3n) is 4.80. The minimum atomic E-state index is 0.567. The molecule has 23 heavy (non-hydrogen) atoms. The van der Waals surface area contributed by atoms with Crippen molar-refractivity contribution in [2.75, 3.05) is 0 Å². The molecule has 0 aliphatic heterocycles. The Morgan fingerprint density at radius 2 is 1.30 bits per heavy atom. The lowest BCUT2D eigenvalue weighted by Crippen LogP contribution is -2.35. The van der Waals surface area contributed by atoms with E-state index < -0.39 is 0 Å². The second-order valence-electron chi connectivity index (χ2n) is 7.39. The standard InChI is InChI=1S/C22H40N/c1-4-5-6-7-8-9-10-11-12-13-14-15-17-22-18-16-19-23(20-22)21(2)3/h16,18-21H,4-15,17H2,1-3H3/q+1. The van der Waals surface area contributed by atoms with Crippen molar-refractivity contribution in [1.82, 2.24) is 0 Å². The second kappa shape index (κ2) is 13.6. The van der Waals surface area contributed by atoms with Gasteiger partial charge in [0.25, 0.3) is 0 Å². The lowest BCUT2D eigenvalue weighted by Gasteiger charge is -2.04. The molecule has 1 aromatic rings. The molecule has 1 heterocycles. The summed E-state index contributed by atoms with van der Waals surface area (Å²) < 4.78 is 2.32.